The number of aryl methyl sites for hydroxylation is 1. The third-order valence-corrected chi connectivity index (χ3v) is 7.29. The Morgan fingerprint density at radius 3 is 2.14 bits per heavy atom. The monoisotopic (exact) mass is 491 g/mol. The van der Waals surface area contributed by atoms with E-state index in [4.69, 9.17) is 11.6 Å². The van der Waals surface area contributed by atoms with Crippen molar-refractivity contribution < 1.29 is 14.0 Å². The Morgan fingerprint density at radius 2 is 1.49 bits per heavy atom. The molecule has 2 aliphatic rings. The molecule has 0 unspecified atom stereocenters. The van der Waals surface area contributed by atoms with E-state index in [1.807, 2.05) is 65.3 Å². The lowest BCUT2D eigenvalue weighted by Gasteiger charge is -2.48. The van der Waals surface area contributed by atoms with Crippen molar-refractivity contribution in [3.63, 3.8) is 0 Å². The quantitative estimate of drug-likeness (QED) is 0.529. The zero-order valence-electron chi connectivity index (χ0n) is 19.6. The Labute approximate surface area is 209 Å². The molecule has 5 rings (SSSR count). The van der Waals surface area contributed by atoms with E-state index in [2.05, 4.69) is 4.90 Å². The predicted octanol–water partition coefficient (Wildman–Crippen LogP) is 4.74. The lowest BCUT2D eigenvalue weighted by molar-refractivity contribution is 0.00850. The lowest BCUT2D eigenvalue weighted by atomic mass is 9.97. The third kappa shape index (κ3) is 4.81. The number of nitrogens with zero attached hydrogens (tertiary/aromatic N) is 3. The molecule has 0 N–H and O–H groups in total. The van der Waals surface area contributed by atoms with Crippen molar-refractivity contribution in [1.29, 1.82) is 0 Å². The van der Waals surface area contributed by atoms with Crippen LogP contribution in [0.15, 0.2) is 66.7 Å². The average molecular weight is 492 g/mol. The van der Waals surface area contributed by atoms with E-state index >= 15 is 0 Å². The highest BCUT2D eigenvalue weighted by Gasteiger charge is 2.37. The standard InChI is InChI=1S/C28H27ClFN3O2/c1-19-15-21(22-8-10-26(30)25(29)16-22)7-9-24(19)28(35)33-17-23(18-33)31-11-13-32(14-12-31)27(34)20-5-3-2-4-6-20/h2-10,15-16,23H,11-14,17-18H2,1H3. The highest BCUT2D eigenvalue weighted by molar-refractivity contribution is 6.31. The maximum absolute atomic E-state index is 13.5. The summed E-state index contributed by atoms with van der Waals surface area (Å²) in [6, 6.07) is 20.0. The predicted molar refractivity (Wildman–Crippen MR) is 135 cm³/mol. The van der Waals surface area contributed by atoms with Crippen molar-refractivity contribution in [2.75, 3.05) is 39.3 Å². The highest BCUT2D eigenvalue weighted by Crippen LogP contribution is 2.28. The van der Waals surface area contributed by atoms with Gasteiger partial charge in [-0.3, -0.25) is 14.5 Å². The van der Waals surface area contributed by atoms with E-state index in [9.17, 15) is 14.0 Å². The molecule has 3 aromatic carbocycles. The summed E-state index contributed by atoms with van der Waals surface area (Å²) in [5.74, 6) is -0.340. The summed E-state index contributed by atoms with van der Waals surface area (Å²) in [5.41, 5.74) is 3.99. The number of carbonyl (C=O) groups excluding carboxylic acids is 2. The fourth-order valence-electron chi connectivity index (χ4n) is 4.83. The van der Waals surface area contributed by atoms with E-state index in [0.29, 0.717) is 37.8 Å². The van der Waals surface area contributed by atoms with Gasteiger partial charge in [-0.05, 0) is 53.9 Å². The van der Waals surface area contributed by atoms with Crippen molar-refractivity contribution in [2.45, 2.75) is 13.0 Å². The summed E-state index contributed by atoms with van der Waals surface area (Å²) in [4.78, 5) is 31.9. The molecule has 2 aliphatic heterocycles. The third-order valence-electron chi connectivity index (χ3n) is 7.00. The summed E-state index contributed by atoms with van der Waals surface area (Å²) in [6.07, 6.45) is 0. The molecule has 0 aromatic heterocycles. The molecule has 35 heavy (non-hydrogen) atoms. The Morgan fingerprint density at radius 1 is 0.829 bits per heavy atom. The number of carbonyl (C=O) groups is 2. The first-order valence-corrected chi connectivity index (χ1v) is 12.2. The van der Waals surface area contributed by atoms with E-state index in [1.54, 1.807) is 12.1 Å². The van der Waals surface area contributed by atoms with Gasteiger partial charge in [0.05, 0.1) is 5.02 Å². The van der Waals surface area contributed by atoms with Crippen molar-refractivity contribution in [1.82, 2.24) is 14.7 Å². The molecular formula is C28H27ClFN3O2. The van der Waals surface area contributed by atoms with Gasteiger partial charge in [-0.2, -0.15) is 0 Å². The maximum atomic E-state index is 13.5. The first kappa shape index (κ1) is 23.5. The van der Waals surface area contributed by atoms with E-state index in [-0.39, 0.29) is 16.8 Å². The van der Waals surface area contributed by atoms with Gasteiger partial charge in [0.25, 0.3) is 11.8 Å². The second-order valence-corrected chi connectivity index (χ2v) is 9.62. The summed E-state index contributed by atoms with van der Waals surface area (Å²) in [7, 11) is 0. The molecule has 0 saturated carbocycles. The Kier molecular flexibility index (Phi) is 6.58. The minimum absolute atomic E-state index is 0.0281. The van der Waals surface area contributed by atoms with Crippen LogP contribution in [-0.2, 0) is 0 Å². The normalized spacial score (nSPS) is 16.8. The molecule has 0 atom stereocenters. The number of likely N-dealkylation sites (tertiary alicyclic amines) is 1. The maximum Gasteiger partial charge on any atom is 0.254 e. The second kappa shape index (κ2) is 9.80. The number of hydrogen-bond acceptors (Lipinski definition) is 3. The smallest absolute Gasteiger partial charge is 0.254 e. The summed E-state index contributed by atoms with van der Waals surface area (Å²) in [5, 5.41) is 0.0807. The van der Waals surface area contributed by atoms with E-state index in [0.717, 1.165) is 35.3 Å². The fraction of sp³-hybridized carbons (Fsp3) is 0.286. The van der Waals surface area contributed by atoms with Gasteiger partial charge >= 0.3 is 0 Å². The topological polar surface area (TPSA) is 43.9 Å². The average Bonchev–Trinajstić information content (AvgIpc) is 2.85. The molecule has 0 bridgehead atoms. The van der Waals surface area contributed by atoms with Crippen molar-refractivity contribution in [3.8, 4) is 11.1 Å². The van der Waals surface area contributed by atoms with Crippen LogP contribution in [0.5, 0.6) is 0 Å². The lowest BCUT2D eigenvalue weighted by Crippen LogP contribution is -2.64. The van der Waals surface area contributed by atoms with Crippen LogP contribution in [0.2, 0.25) is 5.02 Å². The van der Waals surface area contributed by atoms with Gasteiger partial charge in [0.2, 0.25) is 0 Å². The summed E-state index contributed by atoms with van der Waals surface area (Å²) >= 11 is 5.92. The van der Waals surface area contributed by atoms with Crippen LogP contribution < -0.4 is 0 Å². The van der Waals surface area contributed by atoms with Gasteiger partial charge < -0.3 is 9.80 Å². The Hall–Kier alpha value is -3.22. The SMILES string of the molecule is Cc1cc(-c2ccc(F)c(Cl)c2)ccc1C(=O)N1CC(N2CCN(C(=O)c3ccccc3)CC2)C1. The summed E-state index contributed by atoms with van der Waals surface area (Å²) in [6.45, 7) is 6.35. The van der Waals surface area contributed by atoms with E-state index in [1.165, 1.54) is 6.07 Å². The first-order chi connectivity index (χ1) is 16.9. The minimum atomic E-state index is -0.449. The zero-order valence-corrected chi connectivity index (χ0v) is 20.3. The number of halogens is 2. The first-order valence-electron chi connectivity index (χ1n) is 11.8. The molecule has 2 fully saturated rings. The largest absolute Gasteiger partial charge is 0.336 e. The highest BCUT2D eigenvalue weighted by atomic mass is 35.5. The zero-order chi connectivity index (χ0) is 24.5. The minimum Gasteiger partial charge on any atom is -0.336 e. The molecule has 2 saturated heterocycles. The fourth-order valence-corrected chi connectivity index (χ4v) is 5.02. The number of hydrogen-bond donors (Lipinski definition) is 0. The van der Waals surface area contributed by atoms with Crippen LogP contribution in [0.25, 0.3) is 11.1 Å². The molecule has 2 amide bonds. The van der Waals surface area contributed by atoms with Crippen molar-refractivity contribution in [3.05, 3.63) is 94.3 Å². The van der Waals surface area contributed by atoms with Gasteiger partial charge in [0.1, 0.15) is 5.82 Å². The molecule has 0 spiro atoms. The second-order valence-electron chi connectivity index (χ2n) is 9.22. The number of rotatable bonds is 4. The van der Waals surface area contributed by atoms with Crippen molar-refractivity contribution >= 4 is 23.4 Å². The van der Waals surface area contributed by atoms with Crippen LogP contribution in [0.1, 0.15) is 26.3 Å². The van der Waals surface area contributed by atoms with E-state index < -0.39 is 5.82 Å². The summed E-state index contributed by atoms with van der Waals surface area (Å²) < 4.78 is 13.5. The molecule has 2 heterocycles. The van der Waals surface area contributed by atoms with Crippen LogP contribution in [-0.4, -0.2) is 71.8 Å². The molecular weight excluding hydrogens is 465 g/mol. The van der Waals surface area contributed by atoms with Gasteiger partial charge in [0, 0.05) is 56.4 Å². The van der Waals surface area contributed by atoms with Crippen LogP contribution >= 0.6 is 11.6 Å². The van der Waals surface area contributed by atoms with Gasteiger partial charge in [0.15, 0.2) is 0 Å². The molecule has 3 aromatic rings. The van der Waals surface area contributed by atoms with Crippen molar-refractivity contribution in [2.24, 2.45) is 0 Å². The molecule has 180 valence electrons. The van der Waals surface area contributed by atoms with Gasteiger partial charge in [-0.15, -0.1) is 0 Å². The molecule has 5 nitrogen and oxygen atoms in total. The van der Waals surface area contributed by atoms with Gasteiger partial charge in [-0.25, -0.2) is 4.39 Å². The van der Waals surface area contributed by atoms with Gasteiger partial charge in [-0.1, -0.05) is 48.0 Å². The van der Waals surface area contributed by atoms with Crippen LogP contribution in [0, 0.1) is 12.7 Å². The van der Waals surface area contributed by atoms with Crippen LogP contribution in [0.3, 0.4) is 0 Å². The van der Waals surface area contributed by atoms with Crippen LogP contribution in [0.4, 0.5) is 4.39 Å². The molecule has 0 radical (unpaired) electrons. The number of piperazine rings is 1. The Bertz CT molecular complexity index is 1250. The molecule has 7 heteroatoms. The molecule has 0 aliphatic carbocycles. The Balaban J connectivity index is 1.15. The number of amides is 2. The number of benzene rings is 3.